The largest absolute Gasteiger partial charge is 0.462 e. The third-order valence-electron chi connectivity index (χ3n) is 2.32. The molecular formula is C10H13F3O2. The Bertz CT molecular complexity index is 271. The van der Waals surface area contributed by atoms with Gasteiger partial charge in [0.05, 0.1) is 6.61 Å². The summed E-state index contributed by atoms with van der Waals surface area (Å²) >= 11 is 0. The van der Waals surface area contributed by atoms with E-state index in [0.717, 1.165) is 0 Å². The lowest BCUT2D eigenvalue weighted by atomic mass is 10.1. The number of allylic oxidation sites excluding steroid dienone is 1. The highest BCUT2D eigenvalue weighted by atomic mass is 19.4. The lowest BCUT2D eigenvalue weighted by molar-refractivity contribution is -0.150. The number of carbonyl (C=O) groups is 1. The minimum absolute atomic E-state index is 0.0360. The van der Waals surface area contributed by atoms with Crippen molar-refractivity contribution in [2.45, 2.75) is 38.8 Å². The van der Waals surface area contributed by atoms with Crippen LogP contribution in [-0.2, 0) is 9.53 Å². The fourth-order valence-electron chi connectivity index (χ4n) is 1.72. The van der Waals surface area contributed by atoms with Crippen molar-refractivity contribution in [1.82, 2.24) is 0 Å². The SMILES string of the molecule is CCOC(=O)C(=C1CCCC1)C(F)(F)F. The number of carbonyl (C=O) groups excluding carboxylic acids is 1. The molecule has 0 saturated heterocycles. The van der Waals surface area contributed by atoms with E-state index in [-0.39, 0.29) is 12.2 Å². The van der Waals surface area contributed by atoms with E-state index in [0.29, 0.717) is 25.7 Å². The minimum Gasteiger partial charge on any atom is -0.462 e. The van der Waals surface area contributed by atoms with Crippen LogP contribution in [0.2, 0.25) is 0 Å². The molecule has 0 aliphatic heterocycles. The maximum Gasteiger partial charge on any atom is 0.423 e. The van der Waals surface area contributed by atoms with E-state index in [1.54, 1.807) is 0 Å². The summed E-state index contributed by atoms with van der Waals surface area (Å²) in [6, 6.07) is 0. The molecule has 0 unspecified atom stereocenters. The van der Waals surface area contributed by atoms with Crippen LogP contribution in [0.4, 0.5) is 13.2 Å². The van der Waals surface area contributed by atoms with E-state index in [1.165, 1.54) is 6.92 Å². The normalized spacial score (nSPS) is 16.7. The molecule has 0 heterocycles. The zero-order chi connectivity index (χ0) is 11.5. The molecule has 0 bridgehead atoms. The highest BCUT2D eigenvalue weighted by molar-refractivity contribution is 5.90. The van der Waals surface area contributed by atoms with E-state index < -0.39 is 17.7 Å². The zero-order valence-electron chi connectivity index (χ0n) is 8.49. The summed E-state index contributed by atoms with van der Waals surface area (Å²) in [7, 11) is 0. The van der Waals surface area contributed by atoms with Gasteiger partial charge in [0.1, 0.15) is 5.57 Å². The highest BCUT2D eigenvalue weighted by Gasteiger charge is 2.42. The van der Waals surface area contributed by atoms with Crippen LogP contribution in [0.5, 0.6) is 0 Å². The molecule has 1 aliphatic rings. The summed E-state index contributed by atoms with van der Waals surface area (Å²) in [6.45, 7) is 1.46. The molecule has 0 amide bonds. The fourth-order valence-corrected chi connectivity index (χ4v) is 1.72. The van der Waals surface area contributed by atoms with Gasteiger partial charge in [-0.1, -0.05) is 5.57 Å². The number of hydrogen-bond acceptors (Lipinski definition) is 2. The Morgan fingerprint density at radius 2 is 1.87 bits per heavy atom. The predicted molar refractivity (Wildman–Crippen MR) is 48.2 cm³/mol. The zero-order valence-corrected chi connectivity index (χ0v) is 8.49. The smallest absolute Gasteiger partial charge is 0.423 e. The molecule has 0 atom stereocenters. The molecule has 1 fully saturated rings. The molecule has 0 radical (unpaired) electrons. The first-order valence-electron chi connectivity index (χ1n) is 4.93. The van der Waals surface area contributed by atoms with Gasteiger partial charge in [0.25, 0.3) is 0 Å². The van der Waals surface area contributed by atoms with Gasteiger partial charge in [-0.15, -0.1) is 0 Å². The van der Waals surface area contributed by atoms with E-state index >= 15 is 0 Å². The number of ether oxygens (including phenoxy) is 1. The number of halogens is 3. The fraction of sp³-hybridized carbons (Fsp3) is 0.700. The van der Waals surface area contributed by atoms with Gasteiger partial charge in [0.2, 0.25) is 0 Å². The Balaban J connectivity index is 2.97. The van der Waals surface area contributed by atoms with Gasteiger partial charge in [-0.25, -0.2) is 4.79 Å². The standard InChI is InChI=1S/C10H13F3O2/c1-2-15-9(14)8(10(11,12)13)7-5-3-4-6-7/h2-6H2,1H3. The first kappa shape index (κ1) is 12.1. The van der Waals surface area contributed by atoms with Crippen LogP contribution in [0.25, 0.3) is 0 Å². The third kappa shape index (κ3) is 2.97. The summed E-state index contributed by atoms with van der Waals surface area (Å²) in [5, 5.41) is 0. The van der Waals surface area contributed by atoms with Gasteiger partial charge < -0.3 is 4.74 Å². The van der Waals surface area contributed by atoms with Crippen LogP contribution in [0.1, 0.15) is 32.6 Å². The van der Waals surface area contributed by atoms with Crippen molar-refractivity contribution >= 4 is 5.97 Å². The lowest BCUT2D eigenvalue weighted by Crippen LogP contribution is -2.23. The molecule has 5 heteroatoms. The minimum atomic E-state index is -4.59. The Kier molecular flexibility index (Phi) is 3.77. The van der Waals surface area contributed by atoms with Crippen molar-refractivity contribution in [2.75, 3.05) is 6.61 Å². The molecule has 0 spiro atoms. The van der Waals surface area contributed by atoms with E-state index in [1.807, 2.05) is 0 Å². The Morgan fingerprint density at radius 1 is 1.33 bits per heavy atom. The number of rotatable bonds is 2. The monoisotopic (exact) mass is 222 g/mol. The molecule has 1 saturated carbocycles. The summed E-state index contributed by atoms with van der Waals surface area (Å²) in [5.74, 6) is -1.23. The van der Waals surface area contributed by atoms with Crippen LogP contribution in [0.3, 0.4) is 0 Å². The van der Waals surface area contributed by atoms with Gasteiger partial charge in [-0.3, -0.25) is 0 Å². The highest BCUT2D eigenvalue weighted by Crippen LogP contribution is 2.36. The Labute approximate surface area is 86.1 Å². The summed E-state index contributed by atoms with van der Waals surface area (Å²) in [6.07, 6.45) is -2.45. The third-order valence-corrected chi connectivity index (χ3v) is 2.32. The number of alkyl halides is 3. The van der Waals surface area contributed by atoms with E-state index in [4.69, 9.17) is 0 Å². The maximum absolute atomic E-state index is 12.6. The van der Waals surface area contributed by atoms with Crippen molar-refractivity contribution in [1.29, 1.82) is 0 Å². The Morgan fingerprint density at radius 3 is 2.27 bits per heavy atom. The van der Waals surface area contributed by atoms with Crippen molar-refractivity contribution in [3.05, 3.63) is 11.1 Å². The molecule has 2 nitrogen and oxygen atoms in total. The second-order valence-corrected chi connectivity index (χ2v) is 3.40. The van der Waals surface area contributed by atoms with Gasteiger partial charge >= 0.3 is 12.1 Å². The van der Waals surface area contributed by atoms with Crippen LogP contribution in [-0.4, -0.2) is 18.8 Å². The predicted octanol–water partition coefficient (Wildman–Crippen LogP) is 2.98. The van der Waals surface area contributed by atoms with Gasteiger partial charge in [-0.05, 0) is 32.6 Å². The molecule has 15 heavy (non-hydrogen) atoms. The second-order valence-electron chi connectivity index (χ2n) is 3.40. The number of hydrogen-bond donors (Lipinski definition) is 0. The number of esters is 1. The molecular weight excluding hydrogens is 209 g/mol. The second kappa shape index (κ2) is 4.68. The first-order valence-corrected chi connectivity index (χ1v) is 4.93. The maximum atomic E-state index is 12.6. The molecule has 0 N–H and O–H groups in total. The van der Waals surface area contributed by atoms with Crippen molar-refractivity contribution in [3.8, 4) is 0 Å². The topological polar surface area (TPSA) is 26.3 Å². The van der Waals surface area contributed by atoms with Gasteiger partial charge in [0.15, 0.2) is 0 Å². The summed E-state index contributed by atoms with van der Waals surface area (Å²) in [4.78, 5) is 11.2. The van der Waals surface area contributed by atoms with Gasteiger partial charge in [0, 0.05) is 0 Å². The summed E-state index contributed by atoms with van der Waals surface area (Å²) < 4.78 is 42.2. The first-order chi connectivity index (χ1) is 6.96. The quantitative estimate of drug-likeness (QED) is 0.530. The molecule has 1 rings (SSSR count). The lowest BCUT2D eigenvalue weighted by Gasteiger charge is -2.13. The molecule has 1 aliphatic carbocycles. The molecule has 0 aromatic carbocycles. The van der Waals surface area contributed by atoms with Crippen LogP contribution < -0.4 is 0 Å². The van der Waals surface area contributed by atoms with Crippen LogP contribution in [0, 0.1) is 0 Å². The Hall–Kier alpha value is -1.00. The molecule has 0 aromatic rings. The van der Waals surface area contributed by atoms with Crippen molar-refractivity contribution < 1.29 is 22.7 Å². The van der Waals surface area contributed by atoms with Crippen LogP contribution in [0.15, 0.2) is 11.1 Å². The van der Waals surface area contributed by atoms with Gasteiger partial charge in [-0.2, -0.15) is 13.2 Å². The molecule has 86 valence electrons. The summed E-state index contributed by atoms with van der Waals surface area (Å²) in [5.41, 5.74) is -0.886. The van der Waals surface area contributed by atoms with Crippen LogP contribution >= 0.6 is 0 Å². The average Bonchev–Trinajstić information content (AvgIpc) is 2.55. The molecule has 0 aromatic heterocycles. The average molecular weight is 222 g/mol. The van der Waals surface area contributed by atoms with E-state index in [2.05, 4.69) is 4.74 Å². The van der Waals surface area contributed by atoms with Crippen molar-refractivity contribution in [2.24, 2.45) is 0 Å². The van der Waals surface area contributed by atoms with E-state index in [9.17, 15) is 18.0 Å². The van der Waals surface area contributed by atoms with Crippen molar-refractivity contribution in [3.63, 3.8) is 0 Å².